The smallest absolute Gasteiger partial charge is 0.269 e. The highest BCUT2D eigenvalue weighted by Gasteiger charge is 2.11. The van der Waals surface area contributed by atoms with Crippen LogP contribution in [-0.2, 0) is 11.2 Å². The first-order valence-electron chi connectivity index (χ1n) is 7.77. The van der Waals surface area contributed by atoms with Crippen LogP contribution in [0.25, 0.3) is 11.3 Å². The molecule has 0 saturated carbocycles. The zero-order valence-electron chi connectivity index (χ0n) is 13.5. The van der Waals surface area contributed by atoms with Crippen molar-refractivity contribution in [2.75, 3.05) is 5.32 Å². The zero-order chi connectivity index (χ0) is 18.5. The summed E-state index contributed by atoms with van der Waals surface area (Å²) in [5.41, 5.74) is 1.20. The topological polar surface area (TPSA) is 98.3 Å². The van der Waals surface area contributed by atoms with Crippen molar-refractivity contribution in [3.63, 3.8) is 0 Å². The average Bonchev–Trinajstić information content (AvgIpc) is 3.09. The van der Waals surface area contributed by atoms with Crippen LogP contribution in [0.15, 0.2) is 59.1 Å². The third-order valence-corrected chi connectivity index (χ3v) is 3.95. The van der Waals surface area contributed by atoms with E-state index < -0.39 is 4.92 Å². The summed E-state index contributed by atoms with van der Waals surface area (Å²) >= 11 is 6.12. The van der Waals surface area contributed by atoms with E-state index in [1.807, 2.05) is 18.2 Å². The Balaban J connectivity index is 1.56. The number of carbonyl (C=O) groups is 1. The number of rotatable bonds is 6. The normalized spacial score (nSPS) is 10.5. The molecule has 132 valence electrons. The lowest BCUT2D eigenvalue weighted by Gasteiger charge is -2.04. The molecule has 0 saturated heterocycles. The van der Waals surface area contributed by atoms with Gasteiger partial charge in [0.1, 0.15) is 0 Å². The standard InChI is InChI=1S/C18H14ClN3O4/c19-15-4-2-1-3-14(15)16-11-20-18(26-16)10-9-17(23)21-12-5-7-13(8-6-12)22(24)25/h1-8,11H,9-10H2,(H,21,23). The van der Waals surface area contributed by atoms with E-state index in [4.69, 9.17) is 16.0 Å². The summed E-state index contributed by atoms with van der Waals surface area (Å²) in [6.45, 7) is 0. The second-order valence-electron chi connectivity index (χ2n) is 5.45. The minimum absolute atomic E-state index is 0.0325. The summed E-state index contributed by atoms with van der Waals surface area (Å²) in [5.74, 6) is 0.733. The fourth-order valence-corrected chi connectivity index (χ4v) is 2.55. The molecule has 3 aromatic rings. The highest BCUT2D eigenvalue weighted by atomic mass is 35.5. The molecule has 1 amide bonds. The molecule has 0 spiro atoms. The molecular weight excluding hydrogens is 358 g/mol. The number of nitrogens with one attached hydrogen (secondary N) is 1. The van der Waals surface area contributed by atoms with E-state index in [2.05, 4.69) is 10.3 Å². The van der Waals surface area contributed by atoms with Crippen molar-refractivity contribution < 1.29 is 14.1 Å². The summed E-state index contributed by atoms with van der Waals surface area (Å²) < 4.78 is 5.64. The first-order chi connectivity index (χ1) is 12.5. The Kier molecular flexibility index (Phi) is 5.28. The average molecular weight is 372 g/mol. The van der Waals surface area contributed by atoms with Crippen LogP contribution >= 0.6 is 11.6 Å². The molecule has 7 nitrogen and oxygen atoms in total. The minimum Gasteiger partial charge on any atom is -0.441 e. The number of benzene rings is 2. The molecule has 1 N–H and O–H groups in total. The van der Waals surface area contributed by atoms with Gasteiger partial charge in [-0.15, -0.1) is 0 Å². The van der Waals surface area contributed by atoms with Crippen LogP contribution in [0.2, 0.25) is 5.02 Å². The Morgan fingerprint density at radius 3 is 2.62 bits per heavy atom. The number of aryl methyl sites for hydroxylation is 1. The van der Waals surface area contributed by atoms with Gasteiger partial charge in [0.25, 0.3) is 5.69 Å². The first-order valence-corrected chi connectivity index (χ1v) is 8.14. The minimum atomic E-state index is -0.495. The molecule has 2 aromatic carbocycles. The summed E-state index contributed by atoms with van der Waals surface area (Å²) in [7, 11) is 0. The Morgan fingerprint density at radius 1 is 1.19 bits per heavy atom. The number of anilines is 1. The number of aromatic nitrogens is 1. The van der Waals surface area contributed by atoms with E-state index in [0.29, 0.717) is 28.8 Å². The van der Waals surface area contributed by atoms with E-state index in [1.54, 1.807) is 12.3 Å². The molecule has 0 aliphatic carbocycles. The van der Waals surface area contributed by atoms with Crippen LogP contribution in [0.5, 0.6) is 0 Å². The van der Waals surface area contributed by atoms with Crippen molar-refractivity contribution in [2.45, 2.75) is 12.8 Å². The fourth-order valence-electron chi connectivity index (χ4n) is 2.32. The summed E-state index contributed by atoms with van der Waals surface area (Å²) in [4.78, 5) is 26.3. The predicted octanol–water partition coefficient (Wildman–Crippen LogP) is 4.47. The Morgan fingerprint density at radius 2 is 1.92 bits per heavy atom. The maximum atomic E-state index is 12.0. The van der Waals surface area contributed by atoms with Crippen LogP contribution in [0.1, 0.15) is 12.3 Å². The van der Waals surface area contributed by atoms with E-state index >= 15 is 0 Å². The molecule has 3 rings (SSSR count). The number of non-ortho nitro benzene ring substituents is 1. The lowest BCUT2D eigenvalue weighted by atomic mass is 10.2. The zero-order valence-corrected chi connectivity index (χ0v) is 14.3. The summed E-state index contributed by atoms with van der Waals surface area (Å²) in [6, 6.07) is 12.9. The molecule has 0 unspecified atom stereocenters. The van der Waals surface area contributed by atoms with Gasteiger partial charge in [0.15, 0.2) is 11.7 Å². The highest BCUT2D eigenvalue weighted by molar-refractivity contribution is 6.33. The predicted molar refractivity (Wildman–Crippen MR) is 97.0 cm³/mol. The van der Waals surface area contributed by atoms with Crippen molar-refractivity contribution in [1.82, 2.24) is 4.98 Å². The molecular formula is C18H14ClN3O4. The Hall–Kier alpha value is -3.19. The number of hydrogen-bond acceptors (Lipinski definition) is 5. The second kappa shape index (κ2) is 7.79. The number of halogens is 1. The fraction of sp³-hybridized carbons (Fsp3) is 0.111. The number of nitro groups is 1. The van der Waals surface area contributed by atoms with Gasteiger partial charge in [-0.2, -0.15) is 0 Å². The van der Waals surface area contributed by atoms with Crippen molar-refractivity contribution in [1.29, 1.82) is 0 Å². The van der Waals surface area contributed by atoms with Gasteiger partial charge < -0.3 is 9.73 Å². The van der Waals surface area contributed by atoms with Crippen molar-refractivity contribution in [3.05, 3.63) is 75.8 Å². The summed E-state index contributed by atoms with van der Waals surface area (Å²) in [5, 5.41) is 13.8. The van der Waals surface area contributed by atoms with Crippen LogP contribution in [0, 0.1) is 10.1 Å². The maximum Gasteiger partial charge on any atom is 0.269 e. The van der Waals surface area contributed by atoms with Crippen molar-refractivity contribution in [2.24, 2.45) is 0 Å². The van der Waals surface area contributed by atoms with Gasteiger partial charge in [-0.25, -0.2) is 4.98 Å². The third-order valence-electron chi connectivity index (χ3n) is 3.62. The van der Waals surface area contributed by atoms with Crippen molar-refractivity contribution in [3.8, 4) is 11.3 Å². The molecule has 1 heterocycles. The van der Waals surface area contributed by atoms with E-state index in [9.17, 15) is 14.9 Å². The molecule has 0 fully saturated rings. The molecule has 0 atom stereocenters. The molecule has 0 aliphatic rings. The molecule has 8 heteroatoms. The number of carbonyl (C=O) groups excluding carboxylic acids is 1. The number of nitrogens with zero attached hydrogens (tertiary/aromatic N) is 2. The Labute approximate surface area is 153 Å². The van der Waals surface area contributed by atoms with Crippen molar-refractivity contribution >= 4 is 28.9 Å². The molecule has 0 aliphatic heterocycles. The second-order valence-corrected chi connectivity index (χ2v) is 5.86. The Bertz CT molecular complexity index is 938. The van der Waals surface area contributed by atoms with Crippen LogP contribution in [-0.4, -0.2) is 15.8 Å². The van der Waals surface area contributed by atoms with E-state index in [1.165, 1.54) is 24.3 Å². The highest BCUT2D eigenvalue weighted by Crippen LogP contribution is 2.28. The van der Waals surface area contributed by atoms with Gasteiger partial charge in [-0.1, -0.05) is 23.7 Å². The number of oxazole rings is 1. The number of amides is 1. The van der Waals surface area contributed by atoms with Gasteiger partial charge in [-0.3, -0.25) is 14.9 Å². The quantitative estimate of drug-likeness (QED) is 0.509. The van der Waals surface area contributed by atoms with Gasteiger partial charge in [0.2, 0.25) is 5.91 Å². The van der Waals surface area contributed by atoms with Crippen LogP contribution < -0.4 is 5.32 Å². The lowest BCUT2D eigenvalue weighted by Crippen LogP contribution is -2.12. The molecule has 1 aromatic heterocycles. The van der Waals surface area contributed by atoms with E-state index in [0.717, 1.165) is 5.56 Å². The maximum absolute atomic E-state index is 12.0. The van der Waals surface area contributed by atoms with Crippen LogP contribution in [0.3, 0.4) is 0 Å². The monoisotopic (exact) mass is 371 g/mol. The third kappa shape index (κ3) is 4.25. The van der Waals surface area contributed by atoms with E-state index in [-0.39, 0.29) is 18.0 Å². The number of nitro benzene ring substituents is 1. The van der Waals surface area contributed by atoms with Gasteiger partial charge >= 0.3 is 0 Å². The van der Waals surface area contributed by atoms with Gasteiger partial charge in [0.05, 0.1) is 16.1 Å². The summed E-state index contributed by atoms with van der Waals surface area (Å²) in [6.07, 6.45) is 2.06. The first kappa shape index (κ1) is 17.6. The SMILES string of the molecule is O=C(CCc1ncc(-c2ccccc2Cl)o1)Nc1ccc([N+](=O)[O-])cc1. The molecule has 26 heavy (non-hydrogen) atoms. The van der Waals surface area contributed by atoms with Gasteiger partial charge in [0, 0.05) is 36.2 Å². The number of hydrogen-bond donors (Lipinski definition) is 1. The molecule has 0 bridgehead atoms. The van der Waals surface area contributed by atoms with Crippen LogP contribution in [0.4, 0.5) is 11.4 Å². The van der Waals surface area contributed by atoms with Gasteiger partial charge in [-0.05, 0) is 24.3 Å². The lowest BCUT2D eigenvalue weighted by molar-refractivity contribution is -0.384. The molecule has 0 radical (unpaired) electrons. The largest absolute Gasteiger partial charge is 0.441 e.